The first kappa shape index (κ1) is 18.6. The van der Waals surface area contributed by atoms with Gasteiger partial charge in [0.25, 0.3) is 0 Å². The zero-order valence-corrected chi connectivity index (χ0v) is 14.1. The number of methoxy groups -OCH3 is 1. The van der Waals surface area contributed by atoms with E-state index >= 15 is 0 Å². The average Bonchev–Trinajstić information content (AvgIpc) is 3.16. The number of rotatable bonds is 4. The van der Waals surface area contributed by atoms with Crippen molar-refractivity contribution in [2.45, 2.75) is 6.92 Å². The van der Waals surface area contributed by atoms with Crippen molar-refractivity contribution in [3.63, 3.8) is 0 Å². The number of hydrogen-bond donors (Lipinski definition) is 1. The van der Waals surface area contributed by atoms with Gasteiger partial charge in [-0.2, -0.15) is 5.10 Å². The second-order valence-electron chi connectivity index (χ2n) is 5.13. The number of nitro groups is 2. The van der Waals surface area contributed by atoms with Gasteiger partial charge in [-0.15, -0.1) is 0 Å². The number of hydrogen-bond acceptors (Lipinski definition) is 6. The monoisotopic (exact) mass is 356 g/mol. The standard InChI is InChI=1S/C10H10N2O.C7H6N2O4/c1-13-10-5-3-2-4-8(10)9-6-7-11-12-9;1-5-3-2-4-6(8(10)11)7(5)9(12)13/h2-7H,1H3,(H,11,12);2-4H,1H3. The van der Waals surface area contributed by atoms with Crippen LogP contribution in [0.5, 0.6) is 5.75 Å². The minimum absolute atomic E-state index is 0.291. The third-order valence-corrected chi connectivity index (χ3v) is 3.49. The third-order valence-electron chi connectivity index (χ3n) is 3.49. The Labute approximate surface area is 148 Å². The highest BCUT2D eigenvalue weighted by Gasteiger charge is 2.25. The first-order valence-electron chi connectivity index (χ1n) is 7.47. The lowest BCUT2D eigenvalue weighted by Gasteiger charge is -2.04. The van der Waals surface area contributed by atoms with Crippen molar-refractivity contribution in [1.82, 2.24) is 10.2 Å². The molecule has 1 heterocycles. The van der Waals surface area contributed by atoms with Gasteiger partial charge in [-0.05, 0) is 25.1 Å². The van der Waals surface area contributed by atoms with Crippen molar-refractivity contribution in [1.29, 1.82) is 0 Å². The summed E-state index contributed by atoms with van der Waals surface area (Å²) < 4.78 is 5.22. The number of aromatic amines is 1. The second-order valence-corrected chi connectivity index (χ2v) is 5.13. The molecule has 3 rings (SSSR count). The largest absolute Gasteiger partial charge is 0.496 e. The van der Waals surface area contributed by atoms with E-state index in [-0.39, 0.29) is 0 Å². The molecule has 0 aliphatic carbocycles. The van der Waals surface area contributed by atoms with E-state index in [1.807, 2.05) is 30.3 Å². The van der Waals surface area contributed by atoms with E-state index in [0.29, 0.717) is 5.56 Å². The van der Waals surface area contributed by atoms with Crippen LogP contribution in [0.1, 0.15) is 5.56 Å². The summed E-state index contributed by atoms with van der Waals surface area (Å²) in [6, 6.07) is 13.7. The van der Waals surface area contributed by atoms with Gasteiger partial charge in [0.1, 0.15) is 5.75 Å². The summed E-state index contributed by atoms with van der Waals surface area (Å²) in [4.78, 5) is 19.3. The molecule has 26 heavy (non-hydrogen) atoms. The molecule has 0 aliphatic rings. The van der Waals surface area contributed by atoms with Crippen LogP contribution in [0, 0.1) is 27.2 Å². The molecular weight excluding hydrogens is 340 g/mol. The van der Waals surface area contributed by atoms with E-state index in [9.17, 15) is 20.2 Å². The molecule has 0 spiro atoms. The van der Waals surface area contributed by atoms with Crippen molar-refractivity contribution in [3.8, 4) is 17.0 Å². The molecule has 0 bridgehead atoms. The topological polar surface area (TPSA) is 124 Å². The molecule has 3 aromatic rings. The van der Waals surface area contributed by atoms with Gasteiger partial charge in [0.15, 0.2) is 0 Å². The predicted octanol–water partition coefficient (Wildman–Crippen LogP) is 3.90. The van der Waals surface area contributed by atoms with Crippen LogP contribution in [-0.2, 0) is 0 Å². The minimum atomic E-state index is -0.759. The zero-order valence-electron chi connectivity index (χ0n) is 14.1. The molecule has 0 atom stereocenters. The number of para-hydroxylation sites is 2. The predicted molar refractivity (Wildman–Crippen MR) is 95.1 cm³/mol. The molecule has 1 aromatic heterocycles. The maximum absolute atomic E-state index is 10.4. The fourth-order valence-corrected chi connectivity index (χ4v) is 2.30. The Morgan fingerprint density at radius 3 is 2.27 bits per heavy atom. The molecule has 0 unspecified atom stereocenters. The van der Waals surface area contributed by atoms with E-state index in [0.717, 1.165) is 23.1 Å². The SMILES string of the molecule is COc1ccccc1-c1ccn[nH]1.Cc1cccc([N+](=O)[O-])c1[N+](=O)[O-]. The highest BCUT2D eigenvalue weighted by Crippen LogP contribution is 2.29. The van der Waals surface area contributed by atoms with E-state index in [2.05, 4.69) is 10.2 Å². The van der Waals surface area contributed by atoms with Gasteiger partial charge in [0.05, 0.1) is 22.7 Å². The molecule has 134 valence electrons. The molecule has 0 saturated carbocycles. The molecule has 1 N–H and O–H groups in total. The Bertz CT molecular complexity index is 909. The van der Waals surface area contributed by atoms with E-state index in [4.69, 9.17) is 4.74 Å². The summed E-state index contributed by atoms with van der Waals surface area (Å²) in [5, 5.41) is 27.6. The first-order valence-corrected chi connectivity index (χ1v) is 7.47. The third kappa shape index (κ3) is 4.20. The molecule has 0 amide bonds. The van der Waals surface area contributed by atoms with E-state index in [1.54, 1.807) is 13.3 Å². The van der Waals surface area contributed by atoms with Crippen molar-refractivity contribution >= 4 is 11.4 Å². The molecule has 0 aliphatic heterocycles. The number of aromatic nitrogens is 2. The maximum Gasteiger partial charge on any atom is 0.348 e. The van der Waals surface area contributed by atoms with Crippen LogP contribution in [0.3, 0.4) is 0 Å². The fraction of sp³-hybridized carbons (Fsp3) is 0.118. The van der Waals surface area contributed by atoms with Crippen LogP contribution in [0.15, 0.2) is 54.7 Å². The first-order chi connectivity index (χ1) is 12.5. The van der Waals surface area contributed by atoms with Gasteiger partial charge < -0.3 is 4.74 Å². The maximum atomic E-state index is 10.4. The number of nitrogens with zero attached hydrogens (tertiary/aromatic N) is 3. The molecule has 9 nitrogen and oxygen atoms in total. The van der Waals surface area contributed by atoms with Gasteiger partial charge in [-0.1, -0.05) is 24.3 Å². The summed E-state index contributed by atoms with van der Waals surface area (Å²) in [5.74, 6) is 0.853. The number of aryl methyl sites for hydroxylation is 1. The van der Waals surface area contributed by atoms with Crippen LogP contribution >= 0.6 is 0 Å². The average molecular weight is 356 g/mol. The lowest BCUT2D eigenvalue weighted by molar-refractivity contribution is -0.422. The van der Waals surface area contributed by atoms with Gasteiger partial charge >= 0.3 is 11.4 Å². The number of nitro benzene ring substituents is 2. The Kier molecular flexibility index (Phi) is 5.99. The minimum Gasteiger partial charge on any atom is -0.496 e. The molecule has 9 heteroatoms. The number of H-pyrrole nitrogens is 1. The van der Waals surface area contributed by atoms with Gasteiger partial charge in [0, 0.05) is 23.4 Å². The van der Waals surface area contributed by atoms with Gasteiger partial charge in [0.2, 0.25) is 0 Å². The summed E-state index contributed by atoms with van der Waals surface area (Å²) in [6.07, 6.45) is 1.72. The van der Waals surface area contributed by atoms with Crippen molar-refractivity contribution in [2.24, 2.45) is 0 Å². The van der Waals surface area contributed by atoms with E-state index in [1.165, 1.54) is 19.1 Å². The number of benzene rings is 2. The number of nitrogens with one attached hydrogen (secondary N) is 1. The van der Waals surface area contributed by atoms with Crippen LogP contribution < -0.4 is 4.74 Å². The summed E-state index contributed by atoms with van der Waals surface area (Å²) in [6.45, 7) is 1.46. The van der Waals surface area contributed by atoms with Crippen LogP contribution in [0.4, 0.5) is 11.4 Å². The number of ether oxygens (including phenoxy) is 1. The van der Waals surface area contributed by atoms with Gasteiger partial charge in [-0.25, -0.2) is 0 Å². The Morgan fingerprint density at radius 1 is 1.00 bits per heavy atom. The molecular formula is C17H16N4O5. The van der Waals surface area contributed by atoms with Crippen LogP contribution in [0.25, 0.3) is 11.3 Å². The summed E-state index contributed by atoms with van der Waals surface area (Å²) in [7, 11) is 1.66. The normalized spacial score (nSPS) is 9.77. The van der Waals surface area contributed by atoms with Crippen LogP contribution in [-0.4, -0.2) is 27.2 Å². The molecule has 0 radical (unpaired) electrons. The highest BCUT2D eigenvalue weighted by molar-refractivity contribution is 5.66. The second kappa shape index (κ2) is 8.38. The highest BCUT2D eigenvalue weighted by atomic mass is 16.6. The zero-order chi connectivity index (χ0) is 19.1. The molecule has 0 saturated heterocycles. The Hall–Kier alpha value is -3.75. The summed E-state index contributed by atoms with van der Waals surface area (Å²) in [5.41, 5.74) is 1.39. The quantitative estimate of drug-likeness (QED) is 0.558. The Balaban J connectivity index is 0.000000187. The lowest BCUT2D eigenvalue weighted by atomic mass is 10.1. The van der Waals surface area contributed by atoms with E-state index < -0.39 is 21.2 Å². The molecule has 2 aromatic carbocycles. The lowest BCUT2D eigenvalue weighted by Crippen LogP contribution is -1.98. The van der Waals surface area contributed by atoms with Crippen molar-refractivity contribution in [3.05, 3.63) is 80.5 Å². The molecule has 0 fully saturated rings. The smallest absolute Gasteiger partial charge is 0.348 e. The van der Waals surface area contributed by atoms with Gasteiger partial charge in [-0.3, -0.25) is 25.3 Å². The summed E-state index contributed by atoms with van der Waals surface area (Å²) >= 11 is 0. The van der Waals surface area contributed by atoms with Crippen molar-refractivity contribution < 1.29 is 14.6 Å². The van der Waals surface area contributed by atoms with Crippen molar-refractivity contribution in [2.75, 3.05) is 7.11 Å². The fourth-order valence-electron chi connectivity index (χ4n) is 2.30. The van der Waals surface area contributed by atoms with Crippen LogP contribution in [0.2, 0.25) is 0 Å². The Morgan fingerprint density at radius 2 is 1.73 bits per heavy atom.